The Morgan fingerprint density at radius 1 is 1.58 bits per heavy atom. The Balaban J connectivity index is 2.08. The molecule has 1 fully saturated rings. The van der Waals surface area contributed by atoms with Gasteiger partial charge in [-0.1, -0.05) is 5.16 Å². The van der Waals surface area contributed by atoms with Crippen LogP contribution >= 0.6 is 0 Å². The van der Waals surface area contributed by atoms with Gasteiger partial charge < -0.3 is 9.63 Å². The van der Waals surface area contributed by atoms with E-state index in [1.807, 2.05) is 0 Å². The highest BCUT2D eigenvalue weighted by Crippen LogP contribution is 2.30. The summed E-state index contributed by atoms with van der Waals surface area (Å²) in [5.41, 5.74) is 0.346. The molecule has 7 nitrogen and oxygen atoms in total. The predicted molar refractivity (Wildman–Crippen MR) is 65.8 cm³/mol. The van der Waals surface area contributed by atoms with Crippen molar-refractivity contribution in [1.82, 2.24) is 9.46 Å². The molecule has 1 saturated carbocycles. The second kappa shape index (κ2) is 5.30. The number of hydrogen-bond acceptors (Lipinski definition) is 5. The Morgan fingerprint density at radius 2 is 2.26 bits per heavy atom. The molecule has 106 valence electrons. The lowest BCUT2D eigenvalue weighted by molar-refractivity contribution is -0.137. The molecule has 1 aromatic heterocycles. The molecular weight excluding hydrogens is 272 g/mol. The van der Waals surface area contributed by atoms with Gasteiger partial charge >= 0.3 is 5.97 Å². The summed E-state index contributed by atoms with van der Waals surface area (Å²) in [7, 11) is -3.55. The molecule has 0 aliphatic heterocycles. The SMILES string of the molecule is Cc1cc(CS(=O)(=O)N(CCC(=O)O)C2CC2)no1. The van der Waals surface area contributed by atoms with Crippen molar-refractivity contribution in [1.29, 1.82) is 0 Å². The van der Waals surface area contributed by atoms with Crippen molar-refractivity contribution in [2.75, 3.05) is 6.54 Å². The van der Waals surface area contributed by atoms with Crippen LogP contribution in [0.1, 0.15) is 30.7 Å². The van der Waals surface area contributed by atoms with Crippen molar-refractivity contribution < 1.29 is 22.8 Å². The second-order valence-electron chi connectivity index (χ2n) is 4.67. The minimum Gasteiger partial charge on any atom is -0.481 e. The maximum absolute atomic E-state index is 12.3. The number of sulfonamides is 1. The highest BCUT2D eigenvalue weighted by Gasteiger charge is 2.37. The third-order valence-electron chi connectivity index (χ3n) is 2.86. The molecule has 1 N–H and O–H groups in total. The summed E-state index contributed by atoms with van der Waals surface area (Å²) >= 11 is 0. The number of rotatable bonds is 7. The van der Waals surface area contributed by atoms with Gasteiger partial charge in [0, 0.05) is 18.7 Å². The Kier molecular flexibility index (Phi) is 3.91. The van der Waals surface area contributed by atoms with Crippen LogP contribution in [-0.4, -0.2) is 41.5 Å². The number of nitrogens with zero attached hydrogens (tertiary/aromatic N) is 2. The molecule has 1 aromatic rings. The molecule has 2 rings (SSSR count). The quantitative estimate of drug-likeness (QED) is 0.794. The van der Waals surface area contributed by atoms with Crippen LogP contribution < -0.4 is 0 Å². The molecule has 0 amide bonds. The van der Waals surface area contributed by atoms with Crippen LogP contribution in [0.25, 0.3) is 0 Å². The average Bonchev–Trinajstić information content (AvgIpc) is 3.02. The second-order valence-corrected chi connectivity index (χ2v) is 6.59. The fraction of sp³-hybridized carbons (Fsp3) is 0.636. The van der Waals surface area contributed by atoms with Crippen LogP contribution in [0.4, 0.5) is 0 Å². The highest BCUT2D eigenvalue weighted by molar-refractivity contribution is 7.88. The number of carboxylic acid groups (broad SMARTS) is 1. The molecule has 0 unspecified atom stereocenters. The van der Waals surface area contributed by atoms with Crippen molar-refractivity contribution in [2.45, 2.75) is 38.0 Å². The van der Waals surface area contributed by atoms with Gasteiger partial charge in [-0.15, -0.1) is 0 Å². The first kappa shape index (κ1) is 14.0. The standard InChI is InChI=1S/C11H16N2O5S/c1-8-6-9(12-18-8)7-19(16,17)13(10-2-3-10)5-4-11(14)15/h6,10H,2-5,7H2,1H3,(H,14,15). The van der Waals surface area contributed by atoms with Crippen LogP contribution in [0.3, 0.4) is 0 Å². The largest absolute Gasteiger partial charge is 0.481 e. The molecule has 0 bridgehead atoms. The normalized spacial score (nSPS) is 15.9. The van der Waals surface area contributed by atoms with Crippen molar-refractivity contribution in [2.24, 2.45) is 0 Å². The molecule has 1 aliphatic carbocycles. The van der Waals surface area contributed by atoms with Gasteiger partial charge in [0.1, 0.15) is 17.2 Å². The average molecular weight is 288 g/mol. The van der Waals surface area contributed by atoms with Crippen LogP contribution in [-0.2, 0) is 20.6 Å². The minimum absolute atomic E-state index is 0.0131. The summed E-state index contributed by atoms with van der Waals surface area (Å²) in [6.45, 7) is 1.70. The Hall–Kier alpha value is -1.41. The van der Waals surface area contributed by atoms with E-state index in [1.165, 1.54) is 4.31 Å². The molecule has 0 atom stereocenters. The van der Waals surface area contributed by atoms with Crippen molar-refractivity contribution in [3.05, 3.63) is 17.5 Å². The molecule has 1 aliphatic rings. The van der Waals surface area contributed by atoms with Gasteiger partial charge in [0.25, 0.3) is 0 Å². The Labute approximate surface area is 111 Å². The molecule has 0 spiro atoms. The smallest absolute Gasteiger partial charge is 0.304 e. The van der Waals surface area contributed by atoms with E-state index in [9.17, 15) is 13.2 Å². The summed E-state index contributed by atoms with van der Waals surface area (Å²) in [6, 6.07) is 1.51. The van der Waals surface area contributed by atoms with Crippen LogP contribution in [0, 0.1) is 6.92 Å². The lowest BCUT2D eigenvalue weighted by Gasteiger charge is -2.20. The first-order chi connectivity index (χ1) is 8.88. The van der Waals surface area contributed by atoms with Gasteiger partial charge in [-0.05, 0) is 19.8 Å². The van der Waals surface area contributed by atoms with E-state index in [1.54, 1.807) is 13.0 Å². The number of aryl methyl sites for hydroxylation is 1. The van der Waals surface area contributed by atoms with Crippen molar-refractivity contribution >= 4 is 16.0 Å². The number of carboxylic acids is 1. The minimum atomic E-state index is -3.55. The topological polar surface area (TPSA) is 101 Å². The maximum Gasteiger partial charge on any atom is 0.304 e. The number of carbonyl (C=O) groups is 1. The maximum atomic E-state index is 12.3. The molecule has 0 aromatic carbocycles. The molecule has 1 heterocycles. The van der Waals surface area contributed by atoms with Crippen molar-refractivity contribution in [3.8, 4) is 0 Å². The van der Waals surface area contributed by atoms with Gasteiger partial charge in [-0.25, -0.2) is 8.42 Å². The van der Waals surface area contributed by atoms with E-state index in [0.717, 1.165) is 12.8 Å². The van der Waals surface area contributed by atoms with Crippen LogP contribution in [0.5, 0.6) is 0 Å². The number of aliphatic carboxylic acids is 1. The van der Waals surface area contributed by atoms with E-state index >= 15 is 0 Å². The van der Waals surface area contributed by atoms with E-state index < -0.39 is 16.0 Å². The molecule has 0 radical (unpaired) electrons. The molecule has 19 heavy (non-hydrogen) atoms. The summed E-state index contributed by atoms with van der Waals surface area (Å²) in [4.78, 5) is 10.6. The first-order valence-electron chi connectivity index (χ1n) is 6.02. The van der Waals surface area contributed by atoms with Crippen LogP contribution in [0.15, 0.2) is 10.6 Å². The fourth-order valence-corrected chi connectivity index (χ4v) is 3.58. The lowest BCUT2D eigenvalue weighted by atomic mass is 10.4. The molecule has 0 saturated heterocycles. The summed E-state index contributed by atoms with van der Waals surface area (Å²) in [5.74, 6) is -0.702. The van der Waals surface area contributed by atoms with E-state index in [-0.39, 0.29) is 24.8 Å². The zero-order valence-corrected chi connectivity index (χ0v) is 11.4. The fourth-order valence-electron chi connectivity index (χ4n) is 1.87. The summed E-state index contributed by atoms with van der Waals surface area (Å²) in [5, 5.41) is 12.3. The van der Waals surface area contributed by atoms with Gasteiger partial charge in [0.2, 0.25) is 10.0 Å². The van der Waals surface area contributed by atoms with Crippen LogP contribution in [0.2, 0.25) is 0 Å². The lowest BCUT2D eigenvalue weighted by Crippen LogP contribution is -2.35. The van der Waals surface area contributed by atoms with E-state index in [2.05, 4.69) is 5.16 Å². The third kappa shape index (κ3) is 3.77. The molecular formula is C11H16N2O5S. The van der Waals surface area contributed by atoms with E-state index in [4.69, 9.17) is 9.63 Å². The Morgan fingerprint density at radius 3 is 2.74 bits per heavy atom. The zero-order valence-electron chi connectivity index (χ0n) is 10.6. The molecule has 8 heteroatoms. The number of hydrogen-bond donors (Lipinski definition) is 1. The summed E-state index contributed by atoms with van der Waals surface area (Å²) < 4.78 is 30.6. The van der Waals surface area contributed by atoms with Gasteiger partial charge in [-0.2, -0.15) is 4.31 Å². The Bertz CT molecular complexity index is 561. The third-order valence-corrected chi connectivity index (χ3v) is 4.72. The van der Waals surface area contributed by atoms with E-state index in [0.29, 0.717) is 11.5 Å². The van der Waals surface area contributed by atoms with Gasteiger partial charge in [-0.3, -0.25) is 4.79 Å². The van der Waals surface area contributed by atoms with Gasteiger partial charge in [0.15, 0.2) is 0 Å². The summed E-state index contributed by atoms with van der Waals surface area (Å²) in [6.07, 6.45) is 1.39. The highest BCUT2D eigenvalue weighted by atomic mass is 32.2. The monoisotopic (exact) mass is 288 g/mol. The van der Waals surface area contributed by atoms with Gasteiger partial charge in [0.05, 0.1) is 6.42 Å². The number of aromatic nitrogens is 1. The predicted octanol–water partition coefficient (Wildman–Crippen LogP) is 0.752. The zero-order chi connectivity index (χ0) is 14.0. The first-order valence-corrected chi connectivity index (χ1v) is 7.63. The van der Waals surface area contributed by atoms with Crippen molar-refractivity contribution in [3.63, 3.8) is 0 Å².